The van der Waals surface area contributed by atoms with Gasteiger partial charge < -0.3 is 14.3 Å². The summed E-state index contributed by atoms with van der Waals surface area (Å²) < 4.78 is 13.7. The highest BCUT2D eigenvalue weighted by Gasteiger charge is 2.33. The molecular formula is C28H20Cl4I4O5. The highest BCUT2D eigenvalue weighted by Crippen LogP contribution is 2.52. The van der Waals surface area contributed by atoms with Crippen LogP contribution in [0.5, 0.6) is 5.75 Å². The SMILES string of the molecule is CCCCCCCCOC(=O)c1c(Cl)c(Cl)c(Cl)c(Cl)c1-c1c2cc(I)c(=O)c(I)c-2oc2c(I)c(O)c(I)cc12. The molecule has 2 aliphatic rings. The summed E-state index contributed by atoms with van der Waals surface area (Å²) in [7, 11) is 0. The molecule has 1 N–H and O–H groups in total. The van der Waals surface area contributed by atoms with E-state index in [-0.39, 0.29) is 54.8 Å². The van der Waals surface area contributed by atoms with Crippen molar-refractivity contribution < 1.29 is 19.1 Å². The summed E-state index contributed by atoms with van der Waals surface area (Å²) in [4.78, 5) is 26.6. The molecule has 2 aromatic rings. The van der Waals surface area contributed by atoms with Crippen LogP contribution in [0.25, 0.3) is 33.4 Å². The number of rotatable bonds is 9. The number of benzene rings is 3. The van der Waals surface area contributed by atoms with Crippen LogP contribution in [0.2, 0.25) is 20.1 Å². The van der Waals surface area contributed by atoms with Gasteiger partial charge in [-0.1, -0.05) is 85.4 Å². The van der Waals surface area contributed by atoms with Crippen LogP contribution in [0.1, 0.15) is 55.8 Å². The van der Waals surface area contributed by atoms with Gasteiger partial charge in [-0.25, -0.2) is 4.79 Å². The molecule has 1 heterocycles. The van der Waals surface area contributed by atoms with Crippen LogP contribution in [-0.2, 0) is 4.74 Å². The highest BCUT2D eigenvalue weighted by molar-refractivity contribution is 14.1. The molecule has 4 rings (SSSR count). The number of fused-ring (bicyclic) bond motifs is 2. The zero-order valence-corrected chi connectivity index (χ0v) is 32.9. The van der Waals surface area contributed by atoms with Crippen molar-refractivity contribution in [1.29, 1.82) is 0 Å². The number of ether oxygens (including phenoxy) is 1. The Morgan fingerprint density at radius 1 is 0.854 bits per heavy atom. The maximum absolute atomic E-state index is 13.7. The first-order valence-electron chi connectivity index (χ1n) is 12.4. The summed E-state index contributed by atoms with van der Waals surface area (Å²) in [6.45, 7) is 2.36. The minimum Gasteiger partial charge on any atom is -0.506 e. The second-order valence-electron chi connectivity index (χ2n) is 9.16. The second-order valence-corrected chi connectivity index (χ2v) is 15.2. The quantitative estimate of drug-likeness (QED) is 0.0451. The lowest BCUT2D eigenvalue weighted by Gasteiger charge is -2.22. The number of carbonyl (C=O) groups excluding carboxylic acids is 1. The van der Waals surface area contributed by atoms with Crippen molar-refractivity contribution in [3.05, 3.63) is 62.3 Å². The van der Waals surface area contributed by atoms with Crippen molar-refractivity contribution in [2.45, 2.75) is 45.4 Å². The van der Waals surface area contributed by atoms with Crippen molar-refractivity contribution in [3.63, 3.8) is 0 Å². The molecule has 41 heavy (non-hydrogen) atoms. The second kappa shape index (κ2) is 14.7. The minimum atomic E-state index is -0.700. The largest absolute Gasteiger partial charge is 0.506 e. The maximum atomic E-state index is 13.7. The third-order valence-corrected chi connectivity index (χ3v) is 11.9. The first-order valence-corrected chi connectivity index (χ1v) is 18.2. The van der Waals surface area contributed by atoms with Gasteiger partial charge in [0.15, 0.2) is 11.3 Å². The third kappa shape index (κ3) is 6.86. The summed E-state index contributed by atoms with van der Waals surface area (Å²) >= 11 is 34.5. The summed E-state index contributed by atoms with van der Waals surface area (Å²) in [5.74, 6) is -0.414. The predicted molar refractivity (Wildman–Crippen MR) is 201 cm³/mol. The molecule has 13 heteroatoms. The highest BCUT2D eigenvalue weighted by atomic mass is 127. The smallest absolute Gasteiger partial charge is 0.340 e. The van der Waals surface area contributed by atoms with Crippen molar-refractivity contribution >= 4 is 154 Å². The first kappa shape index (κ1) is 34.4. The first-order chi connectivity index (χ1) is 19.4. The molecule has 0 bridgehead atoms. The fraction of sp³-hybridized carbons (Fsp3) is 0.286. The number of aromatic hydroxyl groups is 1. The Morgan fingerprint density at radius 2 is 1.49 bits per heavy atom. The predicted octanol–water partition coefficient (Wildman–Crippen LogP) is 11.8. The third-order valence-electron chi connectivity index (χ3n) is 6.48. The van der Waals surface area contributed by atoms with Crippen LogP contribution < -0.4 is 5.43 Å². The molecule has 0 unspecified atom stereocenters. The minimum absolute atomic E-state index is 0.00399. The van der Waals surface area contributed by atoms with Crippen LogP contribution in [0, 0.1) is 14.3 Å². The molecule has 1 aliphatic carbocycles. The lowest BCUT2D eigenvalue weighted by molar-refractivity contribution is 0.0499. The van der Waals surface area contributed by atoms with E-state index in [1.165, 1.54) is 6.42 Å². The fourth-order valence-corrected chi connectivity index (χ4v) is 9.04. The molecule has 0 saturated heterocycles. The lowest BCUT2D eigenvalue weighted by atomic mass is 9.90. The van der Waals surface area contributed by atoms with E-state index in [2.05, 4.69) is 6.92 Å². The number of hydrogen-bond acceptors (Lipinski definition) is 5. The molecule has 2 aromatic carbocycles. The molecule has 1 aliphatic heterocycles. The van der Waals surface area contributed by atoms with Gasteiger partial charge in [0.05, 0.1) is 43.0 Å². The number of phenolic OH excluding ortho intramolecular Hbond substituents is 1. The van der Waals surface area contributed by atoms with Gasteiger partial charge >= 0.3 is 5.97 Å². The Hall–Kier alpha value is 0.480. The van der Waals surface area contributed by atoms with E-state index in [9.17, 15) is 14.7 Å². The number of unbranched alkanes of at least 4 members (excludes halogenated alkanes) is 5. The van der Waals surface area contributed by atoms with Crippen LogP contribution >= 0.6 is 137 Å². The van der Waals surface area contributed by atoms with Gasteiger partial charge in [0.25, 0.3) is 0 Å². The molecule has 0 radical (unpaired) electrons. The van der Waals surface area contributed by atoms with Gasteiger partial charge in [-0.3, -0.25) is 4.79 Å². The van der Waals surface area contributed by atoms with Crippen molar-refractivity contribution in [1.82, 2.24) is 0 Å². The standard InChI is InChI=1S/C28H20Cl4I4O5/c1-2-3-4-5-6-7-8-40-28(39)17-16(18(29)20(31)21(32)19(17)30)15-11-9-13(33)24(37)22(35)26(11)41-27-12(15)10-14(34)25(38)23(27)36/h9-10,37H,2-8H2,1H3. The molecule has 0 spiro atoms. The van der Waals surface area contributed by atoms with Gasteiger partial charge in [-0.05, 0) is 109 Å². The molecule has 5 nitrogen and oxygen atoms in total. The number of phenols is 1. The molecule has 0 fully saturated rings. The van der Waals surface area contributed by atoms with Crippen LogP contribution in [0.3, 0.4) is 0 Å². The maximum Gasteiger partial charge on any atom is 0.340 e. The van der Waals surface area contributed by atoms with E-state index in [1.54, 1.807) is 12.1 Å². The molecular weight excluding hydrogens is 1070 g/mol. The monoisotopic (exact) mass is 1080 g/mol. The van der Waals surface area contributed by atoms with Gasteiger partial charge in [-0.2, -0.15) is 0 Å². The Bertz CT molecular complexity index is 1710. The zero-order chi connectivity index (χ0) is 30.2. The van der Waals surface area contributed by atoms with E-state index < -0.39 is 5.97 Å². The van der Waals surface area contributed by atoms with Crippen LogP contribution in [0.4, 0.5) is 0 Å². The number of carbonyl (C=O) groups is 1. The Kier molecular flexibility index (Phi) is 12.3. The van der Waals surface area contributed by atoms with Crippen LogP contribution in [-0.4, -0.2) is 17.7 Å². The van der Waals surface area contributed by atoms with Crippen molar-refractivity contribution in [3.8, 4) is 28.2 Å². The number of halogens is 8. The summed E-state index contributed by atoms with van der Waals surface area (Å²) in [5, 5.41) is 11.0. The van der Waals surface area contributed by atoms with Crippen LogP contribution in [0.15, 0.2) is 21.3 Å². The summed E-state index contributed by atoms with van der Waals surface area (Å²) in [5.41, 5.74) is 1.20. The Morgan fingerprint density at radius 3 is 2.17 bits per heavy atom. The molecule has 218 valence electrons. The number of hydrogen-bond donors (Lipinski definition) is 1. The van der Waals surface area contributed by atoms with E-state index in [4.69, 9.17) is 55.6 Å². The molecule has 0 amide bonds. The average Bonchev–Trinajstić information content (AvgIpc) is 2.94. The number of esters is 1. The van der Waals surface area contributed by atoms with E-state index in [0.717, 1.165) is 25.7 Å². The fourth-order valence-electron chi connectivity index (χ4n) is 4.44. The topological polar surface area (TPSA) is 76.7 Å². The Labute approximate surface area is 311 Å². The lowest BCUT2D eigenvalue weighted by Crippen LogP contribution is -2.14. The average molecular weight is 1090 g/mol. The van der Waals surface area contributed by atoms with E-state index in [0.29, 0.717) is 42.8 Å². The van der Waals surface area contributed by atoms with Gasteiger partial charge in [0.1, 0.15) is 9.32 Å². The summed E-state index contributed by atoms with van der Waals surface area (Å²) in [6, 6.07) is 3.39. The Balaban J connectivity index is 2.02. The summed E-state index contributed by atoms with van der Waals surface area (Å²) in [6.07, 6.45) is 6.15. The molecule has 0 aromatic heterocycles. The van der Waals surface area contributed by atoms with Crippen molar-refractivity contribution in [2.75, 3.05) is 6.61 Å². The van der Waals surface area contributed by atoms with Gasteiger partial charge in [0.2, 0.25) is 5.43 Å². The van der Waals surface area contributed by atoms with E-state index in [1.807, 2.05) is 90.4 Å². The molecule has 0 saturated carbocycles. The normalized spacial score (nSPS) is 11.5. The zero-order valence-electron chi connectivity index (χ0n) is 21.2. The van der Waals surface area contributed by atoms with Gasteiger partial charge in [0, 0.05) is 22.1 Å². The molecule has 0 atom stereocenters. The van der Waals surface area contributed by atoms with E-state index >= 15 is 0 Å². The van der Waals surface area contributed by atoms with Gasteiger partial charge in [-0.15, -0.1) is 0 Å². The van der Waals surface area contributed by atoms with Crippen molar-refractivity contribution in [2.24, 2.45) is 0 Å².